The van der Waals surface area contributed by atoms with Gasteiger partial charge in [-0.2, -0.15) is 0 Å². The summed E-state index contributed by atoms with van der Waals surface area (Å²) in [6.07, 6.45) is 1.88. The highest BCUT2D eigenvalue weighted by Crippen LogP contribution is 2.25. The lowest BCUT2D eigenvalue weighted by Gasteiger charge is -2.04. The maximum absolute atomic E-state index is 10.9. The number of para-hydroxylation sites is 1. The fraction of sp³-hybridized carbons (Fsp3) is 0.100. The molecule has 0 N–H and O–H groups in total. The number of nitro benzene ring substituents is 1. The fourth-order valence-electron chi connectivity index (χ4n) is 1.53. The minimum absolute atomic E-state index is 0.0765. The van der Waals surface area contributed by atoms with Gasteiger partial charge in [0.1, 0.15) is 11.4 Å². The van der Waals surface area contributed by atoms with Crippen molar-refractivity contribution in [2.45, 2.75) is 6.92 Å². The molecule has 1 heterocycles. The summed E-state index contributed by atoms with van der Waals surface area (Å²) in [6, 6.07) is 4.70. The number of nitrogens with zero attached hydrogens (tertiary/aromatic N) is 4. The topological polar surface area (TPSA) is 90.9 Å². The van der Waals surface area contributed by atoms with Gasteiger partial charge in [-0.15, -0.1) is 5.10 Å². The van der Waals surface area contributed by atoms with Crippen molar-refractivity contribution in [3.05, 3.63) is 45.8 Å². The van der Waals surface area contributed by atoms with Crippen molar-refractivity contribution in [1.82, 2.24) is 15.0 Å². The van der Waals surface area contributed by atoms with E-state index < -0.39 is 4.92 Å². The van der Waals surface area contributed by atoms with Gasteiger partial charge >= 0.3 is 0 Å². The van der Waals surface area contributed by atoms with Crippen molar-refractivity contribution in [3.8, 4) is 5.69 Å². The third-order valence-electron chi connectivity index (χ3n) is 2.27. The highest BCUT2D eigenvalue weighted by Gasteiger charge is 2.18. The van der Waals surface area contributed by atoms with Crippen LogP contribution in [0.4, 0.5) is 5.69 Å². The van der Waals surface area contributed by atoms with E-state index in [0.29, 0.717) is 17.5 Å². The minimum Gasteiger partial charge on any atom is -0.296 e. The van der Waals surface area contributed by atoms with Crippen LogP contribution in [0, 0.1) is 17.0 Å². The first-order chi connectivity index (χ1) is 8.13. The van der Waals surface area contributed by atoms with E-state index in [-0.39, 0.29) is 11.4 Å². The molecule has 0 radical (unpaired) electrons. The van der Waals surface area contributed by atoms with Gasteiger partial charge in [0, 0.05) is 6.07 Å². The molecule has 1 aromatic carbocycles. The summed E-state index contributed by atoms with van der Waals surface area (Å²) in [5, 5.41) is 18.2. The number of carbonyl (C=O) groups is 1. The van der Waals surface area contributed by atoms with Crippen molar-refractivity contribution < 1.29 is 9.72 Å². The number of aromatic nitrogens is 3. The highest BCUT2D eigenvalue weighted by atomic mass is 16.6. The van der Waals surface area contributed by atoms with E-state index in [1.807, 2.05) is 0 Å². The SMILES string of the molecule is Cc1cccc([N+](=O)[O-])c1-n1cc(C=O)nn1. The average Bonchev–Trinajstić information content (AvgIpc) is 2.76. The van der Waals surface area contributed by atoms with Gasteiger partial charge in [0.05, 0.1) is 11.1 Å². The van der Waals surface area contributed by atoms with Crippen LogP contribution in [-0.4, -0.2) is 26.2 Å². The predicted molar refractivity (Wildman–Crippen MR) is 58.1 cm³/mol. The molecule has 86 valence electrons. The molecule has 0 aliphatic heterocycles. The molecule has 0 aliphatic rings. The van der Waals surface area contributed by atoms with Crippen LogP contribution >= 0.6 is 0 Å². The quantitative estimate of drug-likeness (QED) is 0.451. The molecule has 0 aliphatic carbocycles. The molecule has 2 rings (SSSR count). The van der Waals surface area contributed by atoms with Gasteiger partial charge < -0.3 is 0 Å². The maximum Gasteiger partial charge on any atom is 0.295 e. The van der Waals surface area contributed by atoms with Crippen molar-refractivity contribution in [2.24, 2.45) is 0 Å². The molecule has 0 atom stereocenters. The lowest BCUT2D eigenvalue weighted by Crippen LogP contribution is -2.03. The van der Waals surface area contributed by atoms with Gasteiger partial charge in [0.15, 0.2) is 6.29 Å². The Morgan fingerprint density at radius 1 is 1.47 bits per heavy atom. The molecule has 0 fully saturated rings. The number of carbonyl (C=O) groups excluding carboxylic acids is 1. The summed E-state index contributed by atoms with van der Waals surface area (Å²) in [5.41, 5.74) is 1.05. The standard InChI is InChI=1S/C10H8N4O3/c1-7-3-2-4-9(14(16)17)10(7)13-5-8(6-15)11-12-13/h2-6H,1H3. The molecule has 0 spiro atoms. The van der Waals surface area contributed by atoms with Gasteiger partial charge in [-0.25, -0.2) is 4.68 Å². The van der Waals surface area contributed by atoms with E-state index >= 15 is 0 Å². The molecule has 2 aromatic rings. The predicted octanol–water partition coefficient (Wildman–Crippen LogP) is 1.30. The number of rotatable bonds is 3. The Balaban J connectivity index is 2.64. The first-order valence-electron chi connectivity index (χ1n) is 4.75. The summed E-state index contributed by atoms with van der Waals surface area (Å²) in [7, 11) is 0. The number of aldehydes is 1. The van der Waals surface area contributed by atoms with Crippen molar-refractivity contribution in [2.75, 3.05) is 0 Å². The number of aryl methyl sites for hydroxylation is 1. The third-order valence-corrected chi connectivity index (χ3v) is 2.27. The Kier molecular flexibility index (Phi) is 2.65. The second-order valence-electron chi connectivity index (χ2n) is 3.41. The Bertz CT molecular complexity index is 591. The molecule has 0 saturated heterocycles. The normalized spacial score (nSPS) is 10.2. The first-order valence-corrected chi connectivity index (χ1v) is 4.75. The van der Waals surface area contributed by atoms with E-state index in [1.54, 1.807) is 19.1 Å². The molecule has 7 nitrogen and oxygen atoms in total. The third kappa shape index (κ3) is 1.89. The Hall–Kier alpha value is -2.57. The van der Waals surface area contributed by atoms with Crippen molar-refractivity contribution >= 4 is 12.0 Å². The van der Waals surface area contributed by atoms with E-state index in [2.05, 4.69) is 10.3 Å². The van der Waals surface area contributed by atoms with Crippen LogP contribution in [0.3, 0.4) is 0 Å². The average molecular weight is 232 g/mol. The summed E-state index contributed by atoms with van der Waals surface area (Å²) >= 11 is 0. The molecular formula is C10H8N4O3. The van der Waals surface area contributed by atoms with E-state index in [9.17, 15) is 14.9 Å². The molecule has 1 aromatic heterocycles. The van der Waals surface area contributed by atoms with Gasteiger partial charge in [0.2, 0.25) is 0 Å². The van der Waals surface area contributed by atoms with E-state index in [0.717, 1.165) is 0 Å². The molecular weight excluding hydrogens is 224 g/mol. The zero-order valence-electron chi connectivity index (χ0n) is 8.90. The number of nitro groups is 1. The summed E-state index contributed by atoms with van der Waals surface area (Å²) in [4.78, 5) is 20.9. The number of benzene rings is 1. The second kappa shape index (κ2) is 4.12. The Labute approximate surface area is 95.8 Å². The van der Waals surface area contributed by atoms with Gasteiger partial charge in [-0.3, -0.25) is 14.9 Å². The Morgan fingerprint density at radius 2 is 2.24 bits per heavy atom. The van der Waals surface area contributed by atoms with Gasteiger partial charge in [-0.1, -0.05) is 17.3 Å². The largest absolute Gasteiger partial charge is 0.296 e. The fourth-order valence-corrected chi connectivity index (χ4v) is 1.53. The lowest BCUT2D eigenvalue weighted by atomic mass is 10.1. The van der Waals surface area contributed by atoms with Crippen molar-refractivity contribution in [1.29, 1.82) is 0 Å². The molecule has 0 saturated carbocycles. The number of hydrogen-bond donors (Lipinski definition) is 0. The van der Waals surface area contributed by atoms with Gasteiger partial charge in [-0.05, 0) is 12.5 Å². The van der Waals surface area contributed by atoms with Crippen LogP contribution in [0.5, 0.6) is 0 Å². The molecule has 7 heteroatoms. The molecule has 17 heavy (non-hydrogen) atoms. The van der Waals surface area contributed by atoms with E-state index in [1.165, 1.54) is 16.9 Å². The van der Waals surface area contributed by atoms with Gasteiger partial charge in [0.25, 0.3) is 5.69 Å². The second-order valence-corrected chi connectivity index (χ2v) is 3.41. The highest BCUT2D eigenvalue weighted by molar-refractivity contribution is 5.71. The molecule has 0 amide bonds. The van der Waals surface area contributed by atoms with E-state index in [4.69, 9.17) is 0 Å². The van der Waals surface area contributed by atoms with Crippen LogP contribution in [-0.2, 0) is 0 Å². The molecule has 0 bridgehead atoms. The van der Waals surface area contributed by atoms with Crippen LogP contribution in [0.15, 0.2) is 24.4 Å². The van der Waals surface area contributed by atoms with Crippen LogP contribution in [0.1, 0.15) is 16.1 Å². The van der Waals surface area contributed by atoms with Crippen LogP contribution < -0.4 is 0 Å². The zero-order chi connectivity index (χ0) is 12.4. The summed E-state index contributed by atoms with van der Waals surface area (Å²) < 4.78 is 1.23. The number of hydrogen-bond acceptors (Lipinski definition) is 5. The zero-order valence-corrected chi connectivity index (χ0v) is 8.90. The minimum atomic E-state index is -0.495. The lowest BCUT2D eigenvalue weighted by molar-refractivity contribution is -0.384. The first kappa shape index (κ1) is 10.9. The molecule has 0 unspecified atom stereocenters. The van der Waals surface area contributed by atoms with Crippen molar-refractivity contribution in [3.63, 3.8) is 0 Å². The van der Waals surface area contributed by atoms with Crippen LogP contribution in [0.25, 0.3) is 5.69 Å². The van der Waals surface area contributed by atoms with Crippen LogP contribution in [0.2, 0.25) is 0 Å². The smallest absolute Gasteiger partial charge is 0.295 e. The summed E-state index contributed by atoms with van der Waals surface area (Å²) in [6.45, 7) is 1.73. The maximum atomic E-state index is 10.9. The Morgan fingerprint density at radius 3 is 2.82 bits per heavy atom. The summed E-state index contributed by atoms with van der Waals surface area (Å²) in [5.74, 6) is 0. The monoisotopic (exact) mass is 232 g/mol.